The van der Waals surface area contributed by atoms with Crippen LogP contribution in [0.3, 0.4) is 0 Å². The molecular weight excluding hydrogens is 374 g/mol. The minimum Gasteiger partial charge on any atom is -0.378 e. The standard InChI is InChI=1S/C24H27N5O/c1-28(2)21-12-10-20(11-13-21)27-24(30)19-9-6-14-29(16-19)23-15-22(25-17-26-23)18-7-4-3-5-8-18/h3-5,7-8,10-13,15,17,19H,6,9,14,16H2,1-2H3,(H,27,30). The normalized spacial score (nSPS) is 16.2. The number of hydrogen-bond donors (Lipinski definition) is 1. The molecule has 6 heteroatoms. The van der Waals surface area contributed by atoms with Gasteiger partial charge in [0.05, 0.1) is 11.6 Å². The van der Waals surface area contributed by atoms with Crippen LogP contribution < -0.4 is 15.1 Å². The van der Waals surface area contributed by atoms with E-state index in [4.69, 9.17) is 0 Å². The van der Waals surface area contributed by atoms with Crippen molar-refractivity contribution in [1.82, 2.24) is 9.97 Å². The second kappa shape index (κ2) is 8.95. The third kappa shape index (κ3) is 4.59. The molecule has 154 valence electrons. The zero-order valence-corrected chi connectivity index (χ0v) is 17.5. The average Bonchev–Trinajstić information content (AvgIpc) is 2.80. The SMILES string of the molecule is CN(C)c1ccc(NC(=O)C2CCCN(c3cc(-c4ccccc4)ncn3)C2)cc1. The molecule has 1 fully saturated rings. The summed E-state index contributed by atoms with van der Waals surface area (Å²) in [4.78, 5) is 26.0. The van der Waals surface area contributed by atoms with E-state index in [0.29, 0.717) is 6.54 Å². The summed E-state index contributed by atoms with van der Waals surface area (Å²) >= 11 is 0. The summed E-state index contributed by atoms with van der Waals surface area (Å²) in [7, 11) is 4.00. The molecule has 1 aliphatic heterocycles. The Morgan fingerprint density at radius 2 is 1.83 bits per heavy atom. The molecular formula is C24H27N5O. The number of nitrogens with one attached hydrogen (secondary N) is 1. The number of anilines is 3. The Morgan fingerprint density at radius 1 is 1.07 bits per heavy atom. The minimum atomic E-state index is -0.0672. The molecule has 1 saturated heterocycles. The lowest BCUT2D eigenvalue weighted by Crippen LogP contribution is -2.41. The first-order valence-corrected chi connectivity index (χ1v) is 10.3. The van der Waals surface area contributed by atoms with Crippen LogP contribution in [0.25, 0.3) is 11.3 Å². The number of benzene rings is 2. The molecule has 1 N–H and O–H groups in total. The minimum absolute atomic E-state index is 0.0645. The number of nitrogens with zero attached hydrogens (tertiary/aromatic N) is 4. The van der Waals surface area contributed by atoms with Crippen LogP contribution in [0.2, 0.25) is 0 Å². The molecule has 0 saturated carbocycles. The van der Waals surface area contributed by atoms with Crippen LogP contribution in [0, 0.1) is 5.92 Å². The Labute approximate surface area is 177 Å². The van der Waals surface area contributed by atoms with Gasteiger partial charge in [0.1, 0.15) is 12.1 Å². The van der Waals surface area contributed by atoms with Crippen molar-refractivity contribution in [3.05, 3.63) is 67.0 Å². The van der Waals surface area contributed by atoms with Crippen LogP contribution >= 0.6 is 0 Å². The molecule has 6 nitrogen and oxygen atoms in total. The Bertz CT molecular complexity index is 988. The first-order valence-electron chi connectivity index (χ1n) is 10.3. The van der Waals surface area contributed by atoms with E-state index in [9.17, 15) is 4.79 Å². The largest absolute Gasteiger partial charge is 0.378 e. The molecule has 1 aromatic heterocycles. The van der Waals surface area contributed by atoms with Crippen molar-refractivity contribution in [2.75, 3.05) is 42.3 Å². The lowest BCUT2D eigenvalue weighted by molar-refractivity contribution is -0.120. The highest BCUT2D eigenvalue weighted by Crippen LogP contribution is 2.26. The van der Waals surface area contributed by atoms with E-state index in [1.165, 1.54) is 0 Å². The number of hydrogen-bond acceptors (Lipinski definition) is 5. The Kier molecular flexibility index (Phi) is 5.93. The van der Waals surface area contributed by atoms with Crippen molar-refractivity contribution in [3.63, 3.8) is 0 Å². The number of carbonyl (C=O) groups is 1. The van der Waals surface area contributed by atoms with E-state index >= 15 is 0 Å². The predicted molar refractivity (Wildman–Crippen MR) is 122 cm³/mol. The summed E-state index contributed by atoms with van der Waals surface area (Å²) in [5.41, 5.74) is 3.90. The molecule has 4 rings (SSSR count). The van der Waals surface area contributed by atoms with Crippen LogP contribution in [0.5, 0.6) is 0 Å². The van der Waals surface area contributed by atoms with E-state index in [2.05, 4.69) is 20.2 Å². The summed E-state index contributed by atoms with van der Waals surface area (Å²) in [6.45, 7) is 1.55. The Hall–Kier alpha value is -3.41. The fourth-order valence-electron chi connectivity index (χ4n) is 3.77. The van der Waals surface area contributed by atoms with Gasteiger partial charge in [-0.2, -0.15) is 0 Å². The van der Waals surface area contributed by atoms with Crippen molar-refractivity contribution in [1.29, 1.82) is 0 Å². The topological polar surface area (TPSA) is 61.4 Å². The number of aromatic nitrogens is 2. The second-order valence-corrected chi connectivity index (χ2v) is 7.84. The summed E-state index contributed by atoms with van der Waals surface area (Å²) in [5.74, 6) is 0.869. The Balaban J connectivity index is 1.43. The molecule has 1 aliphatic rings. The lowest BCUT2D eigenvalue weighted by Gasteiger charge is -2.33. The van der Waals surface area contributed by atoms with Gasteiger partial charge in [0, 0.05) is 50.2 Å². The summed E-state index contributed by atoms with van der Waals surface area (Å²) < 4.78 is 0. The van der Waals surface area contributed by atoms with Crippen LogP contribution in [0.15, 0.2) is 67.0 Å². The summed E-state index contributed by atoms with van der Waals surface area (Å²) in [5, 5.41) is 3.07. The molecule has 1 amide bonds. The molecule has 0 aliphatic carbocycles. The molecule has 2 heterocycles. The number of carbonyl (C=O) groups excluding carboxylic acids is 1. The molecule has 0 radical (unpaired) electrons. The van der Waals surface area contributed by atoms with E-state index in [-0.39, 0.29) is 11.8 Å². The summed E-state index contributed by atoms with van der Waals surface area (Å²) in [6.07, 6.45) is 3.45. The van der Waals surface area contributed by atoms with Gasteiger partial charge < -0.3 is 15.1 Å². The van der Waals surface area contributed by atoms with Crippen molar-refractivity contribution >= 4 is 23.1 Å². The number of amides is 1. The molecule has 3 aromatic rings. The molecule has 1 unspecified atom stereocenters. The molecule has 2 aromatic carbocycles. The smallest absolute Gasteiger partial charge is 0.229 e. The van der Waals surface area contributed by atoms with E-state index in [1.54, 1.807) is 6.33 Å². The first-order chi connectivity index (χ1) is 14.6. The van der Waals surface area contributed by atoms with E-state index in [0.717, 1.165) is 47.8 Å². The zero-order chi connectivity index (χ0) is 20.9. The van der Waals surface area contributed by atoms with Gasteiger partial charge in [0.15, 0.2) is 0 Å². The predicted octanol–water partition coefficient (Wildman–Crippen LogP) is 4.06. The van der Waals surface area contributed by atoms with E-state index < -0.39 is 0 Å². The van der Waals surface area contributed by atoms with Gasteiger partial charge in [-0.15, -0.1) is 0 Å². The van der Waals surface area contributed by atoms with Crippen LogP contribution in [0.1, 0.15) is 12.8 Å². The van der Waals surface area contributed by atoms with Crippen LogP contribution in [-0.4, -0.2) is 43.1 Å². The quantitative estimate of drug-likeness (QED) is 0.698. The van der Waals surface area contributed by atoms with Gasteiger partial charge in [-0.05, 0) is 37.1 Å². The maximum absolute atomic E-state index is 12.9. The fourth-order valence-corrected chi connectivity index (χ4v) is 3.77. The first kappa shape index (κ1) is 19.9. The van der Waals surface area contributed by atoms with Gasteiger partial charge in [-0.3, -0.25) is 4.79 Å². The van der Waals surface area contributed by atoms with Crippen LogP contribution in [-0.2, 0) is 4.79 Å². The monoisotopic (exact) mass is 401 g/mol. The maximum Gasteiger partial charge on any atom is 0.229 e. The van der Waals surface area contributed by atoms with Gasteiger partial charge in [0.25, 0.3) is 0 Å². The van der Waals surface area contributed by atoms with E-state index in [1.807, 2.05) is 79.7 Å². The highest BCUT2D eigenvalue weighted by molar-refractivity contribution is 5.93. The molecule has 0 spiro atoms. The third-order valence-corrected chi connectivity index (χ3v) is 5.49. The average molecular weight is 402 g/mol. The zero-order valence-electron chi connectivity index (χ0n) is 17.5. The lowest BCUT2D eigenvalue weighted by atomic mass is 9.97. The molecule has 1 atom stereocenters. The van der Waals surface area contributed by atoms with Gasteiger partial charge in [-0.25, -0.2) is 9.97 Å². The van der Waals surface area contributed by atoms with Crippen molar-refractivity contribution < 1.29 is 4.79 Å². The number of rotatable bonds is 5. The van der Waals surface area contributed by atoms with Crippen molar-refractivity contribution in [3.8, 4) is 11.3 Å². The fraction of sp³-hybridized carbons (Fsp3) is 0.292. The van der Waals surface area contributed by atoms with Crippen LogP contribution in [0.4, 0.5) is 17.2 Å². The highest BCUT2D eigenvalue weighted by Gasteiger charge is 2.27. The summed E-state index contributed by atoms with van der Waals surface area (Å²) in [6, 6.07) is 20.0. The van der Waals surface area contributed by atoms with Crippen molar-refractivity contribution in [2.24, 2.45) is 5.92 Å². The second-order valence-electron chi connectivity index (χ2n) is 7.84. The maximum atomic E-state index is 12.9. The van der Waals surface area contributed by atoms with Crippen molar-refractivity contribution in [2.45, 2.75) is 12.8 Å². The highest BCUT2D eigenvalue weighted by atomic mass is 16.1. The molecule has 30 heavy (non-hydrogen) atoms. The number of piperidine rings is 1. The van der Waals surface area contributed by atoms with Gasteiger partial charge in [0.2, 0.25) is 5.91 Å². The Morgan fingerprint density at radius 3 is 2.57 bits per heavy atom. The van der Waals surface area contributed by atoms with Gasteiger partial charge >= 0.3 is 0 Å². The van der Waals surface area contributed by atoms with Gasteiger partial charge in [-0.1, -0.05) is 30.3 Å². The third-order valence-electron chi connectivity index (χ3n) is 5.49. The molecule has 0 bridgehead atoms.